The van der Waals surface area contributed by atoms with Gasteiger partial charge < -0.3 is 19.8 Å². The van der Waals surface area contributed by atoms with E-state index in [2.05, 4.69) is 10.3 Å². The predicted octanol–water partition coefficient (Wildman–Crippen LogP) is 3.27. The normalized spacial score (nSPS) is 12.6. The summed E-state index contributed by atoms with van der Waals surface area (Å²) >= 11 is 0. The Kier molecular flexibility index (Phi) is 3.37. The van der Waals surface area contributed by atoms with Crippen molar-refractivity contribution in [2.45, 2.75) is 13.5 Å². The first kappa shape index (κ1) is 14.6. The number of hydrogen-bond acceptors (Lipinski definition) is 3. The van der Waals surface area contributed by atoms with E-state index >= 15 is 0 Å². The standard InChI is InChI=1S/C18H15FN2O3/c1-10-16(12-3-2-4-13(19)17(12)21-10)18(22)20-8-11-5-6-14-15(7-11)24-9-23-14/h2-7,21H,8-9H2,1H3,(H,20,22). The van der Waals surface area contributed by atoms with Crippen molar-refractivity contribution in [3.8, 4) is 11.5 Å². The van der Waals surface area contributed by atoms with Crippen molar-refractivity contribution in [3.63, 3.8) is 0 Å². The molecule has 1 aliphatic heterocycles. The van der Waals surface area contributed by atoms with E-state index in [4.69, 9.17) is 9.47 Å². The summed E-state index contributed by atoms with van der Waals surface area (Å²) in [6.07, 6.45) is 0. The van der Waals surface area contributed by atoms with Gasteiger partial charge in [0.2, 0.25) is 6.79 Å². The predicted molar refractivity (Wildman–Crippen MR) is 86.7 cm³/mol. The Morgan fingerprint density at radius 2 is 2.08 bits per heavy atom. The van der Waals surface area contributed by atoms with E-state index in [1.807, 2.05) is 18.2 Å². The second kappa shape index (κ2) is 5.56. The van der Waals surface area contributed by atoms with Crippen LogP contribution in [0.2, 0.25) is 0 Å². The van der Waals surface area contributed by atoms with E-state index in [0.717, 1.165) is 5.56 Å². The number of rotatable bonds is 3. The molecule has 1 aliphatic rings. The summed E-state index contributed by atoms with van der Waals surface area (Å²) in [4.78, 5) is 15.5. The highest BCUT2D eigenvalue weighted by Crippen LogP contribution is 2.32. The molecule has 0 bridgehead atoms. The van der Waals surface area contributed by atoms with Crippen LogP contribution in [0, 0.1) is 12.7 Å². The number of carbonyl (C=O) groups excluding carboxylic acids is 1. The molecule has 5 nitrogen and oxygen atoms in total. The van der Waals surface area contributed by atoms with Gasteiger partial charge in [-0.05, 0) is 30.7 Å². The topological polar surface area (TPSA) is 63.4 Å². The van der Waals surface area contributed by atoms with Crippen molar-refractivity contribution in [3.05, 3.63) is 59.0 Å². The van der Waals surface area contributed by atoms with Crippen molar-refractivity contribution in [2.24, 2.45) is 0 Å². The van der Waals surface area contributed by atoms with Crippen molar-refractivity contribution in [1.29, 1.82) is 0 Å². The largest absolute Gasteiger partial charge is 0.454 e. The Morgan fingerprint density at radius 1 is 1.25 bits per heavy atom. The molecule has 1 aromatic heterocycles. The van der Waals surface area contributed by atoms with Gasteiger partial charge in [0.15, 0.2) is 11.5 Å². The van der Waals surface area contributed by atoms with E-state index in [9.17, 15) is 9.18 Å². The van der Waals surface area contributed by atoms with Gasteiger partial charge in [0.1, 0.15) is 5.82 Å². The number of aromatic nitrogens is 1. The van der Waals surface area contributed by atoms with Gasteiger partial charge in [-0.25, -0.2) is 4.39 Å². The van der Waals surface area contributed by atoms with Gasteiger partial charge in [0, 0.05) is 17.6 Å². The minimum Gasteiger partial charge on any atom is -0.454 e. The number of amides is 1. The average Bonchev–Trinajstić information content (AvgIpc) is 3.16. The molecule has 0 radical (unpaired) electrons. The number of para-hydroxylation sites is 1. The molecule has 0 spiro atoms. The molecule has 24 heavy (non-hydrogen) atoms. The maximum absolute atomic E-state index is 13.8. The van der Waals surface area contributed by atoms with Gasteiger partial charge in [0.25, 0.3) is 5.91 Å². The smallest absolute Gasteiger partial charge is 0.253 e. The molecule has 0 saturated heterocycles. The number of nitrogens with one attached hydrogen (secondary N) is 2. The summed E-state index contributed by atoms with van der Waals surface area (Å²) in [5.41, 5.74) is 2.35. The van der Waals surface area contributed by atoms with Crippen molar-refractivity contribution in [1.82, 2.24) is 10.3 Å². The van der Waals surface area contributed by atoms with Gasteiger partial charge >= 0.3 is 0 Å². The van der Waals surface area contributed by atoms with Crippen LogP contribution in [0.25, 0.3) is 10.9 Å². The molecule has 0 atom stereocenters. The summed E-state index contributed by atoms with van der Waals surface area (Å²) < 4.78 is 24.4. The molecule has 0 saturated carbocycles. The van der Waals surface area contributed by atoms with Gasteiger partial charge in [0.05, 0.1) is 11.1 Å². The molecule has 6 heteroatoms. The molecule has 0 aliphatic carbocycles. The van der Waals surface area contributed by atoms with Crippen LogP contribution in [0.4, 0.5) is 4.39 Å². The minimum atomic E-state index is -0.370. The van der Waals surface area contributed by atoms with Crippen LogP contribution in [0.5, 0.6) is 11.5 Å². The molecule has 2 N–H and O–H groups in total. The number of benzene rings is 2. The average molecular weight is 326 g/mol. The molecule has 4 rings (SSSR count). The Hall–Kier alpha value is -3.02. The SMILES string of the molecule is Cc1[nH]c2c(F)cccc2c1C(=O)NCc1ccc2c(c1)OCO2. The number of aryl methyl sites for hydroxylation is 1. The zero-order valence-electron chi connectivity index (χ0n) is 13.0. The van der Waals surface area contributed by atoms with Crippen LogP contribution in [0.1, 0.15) is 21.6 Å². The number of carbonyl (C=O) groups is 1. The van der Waals surface area contributed by atoms with E-state index in [-0.39, 0.29) is 18.5 Å². The third kappa shape index (κ3) is 2.36. The summed E-state index contributed by atoms with van der Waals surface area (Å²) in [6.45, 7) is 2.32. The first-order valence-corrected chi connectivity index (χ1v) is 7.57. The van der Waals surface area contributed by atoms with Crippen molar-refractivity contribution < 1.29 is 18.7 Å². The van der Waals surface area contributed by atoms with Crippen LogP contribution in [-0.4, -0.2) is 17.7 Å². The van der Waals surface area contributed by atoms with Gasteiger partial charge in [-0.2, -0.15) is 0 Å². The molecular weight excluding hydrogens is 311 g/mol. The van der Waals surface area contributed by atoms with Crippen LogP contribution in [0.15, 0.2) is 36.4 Å². The maximum Gasteiger partial charge on any atom is 0.253 e. The van der Waals surface area contributed by atoms with Crippen molar-refractivity contribution >= 4 is 16.8 Å². The number of H-pyrrole nitrogens is 1. The van der Waals surface area contributed by atoms with Crippen LogP contribution < -0.4 is 14.8 Å². The lowest BCUT2D eigenvalue weighted by Gasteiger charge is -2.07. The van der Waals surface area contributed by atoms with E-state index in [1.54, 1.807) is 19.1 Å². The lowest BCUT2D eigenvalue weighted by Crippen LogP contribution is -2.23. The molecule has 122 valence electrons. The lowest BCUT2D eigenvalue weighted by molar-refractivity contribution is 0.0952. The summed E-state index contributed by atoms with van der Waals surface area (Å²) in [7, 11) is 0. The fraction of sp³-hybridized carbons (Fsp3) is 0.167. The molecule has 2 aromatic carbocycles. The van der Waals surface area contributed by atoms with Gasteiger partial charge in [-0.1, -0.05) is 18.2 Å². The highest BCUT2D eigenvalue weighted by molar-refractivity contribution is 6.08. The number of fused-ring (bicyclic) bond motifs is 2. The minimum absolute atomic E-state index is 0.214. The highest BCUT2D eigenvalue weighted by atomic mass is 19.1. The van der Waals surface area contributed by atoms with Gasteiger partial charge in [-0.3, -0.25) is 4.79 Å². The monoisotopic (exact) mass is 326 g/mol. The quantitative estimate of drug-likeness (QED) is 0.776. The number of halogens is 1. The number of hydrogen-bond donors (Lipinski definition) is 2. The van der Waals surface area contributed by atoms with Crippen LogP contribution in [0.3, 0.4) is 0 Å². The summed E-state index contributed by atoms with van der Waals surface area (Å²) in [6, 6.07) is 10.2. The third-order valence-corrected chi connectivity index (χ3v) is 4.09. The van der Waals surface area contributed by atoms with Crippen molar-refractivity contribution in [2.75, 3.05) is 6.79 Å². The molecule has 0 fully saturated rings. The lowest BCUT2D eigenvalue weighted by atomic mass is 10.1. The zero-order chi connectivity index (χ0) is 16.7. The van der Waals surface area contributed by atoms with Gasteiger partial charge in [-0.15, -0.1) is 0 Å². The fourth-order valence-corrected chi connectivity index (χ4v) is 2.93. The molecular formula is C18H15FN2O3. The van der Waals surface area contributed by atoms with Crippen LogP contribution in [-0.2, 0) is 6.54 Å². The Bertz CT molecular complexity index is 949. The number of aromatic amines is 1. The highest BCUT2D eigenvalue weighted by Gasteiger charge is 2.18. The van der Waals surface area contributed by atoms with E-state index in [0.29, 0.717) is 40.2 Å². The Labute approximate surface area is 137 Å². The molecule has 0 unspecified atom stereocenters. The Balaban J connectivity index is 1.57. The summed E-state index contributed by atoms with van der Waals surface area (Å²) in [5.74, 6) is 0.757. The molecule has 3 aromatic rings. The van der Waals surface area contributed by atoms with Crippen LogP contribution >= 0.6 is 0 Å². The number of ether oxygens (including phenoxy) is 2. The molecule has 1 amide bonds. The molecule has 2 heterocycles. The first-order valence-electron chi connectivity index (χ1n) is 7.57. The fourth-order valence-electron chi connectivity index (χ4n) is 2.93. The summed E-state index contributed by atoms with van der Waals surface area (Å²) in [5, 5.41) is 3.45. The second-order valence-corrected chi connectivity index (χ2v) is 5.66. The zero-order valence-corrected chi connectivity index (χ0v) is 13.0. The maximum atomic E-state index is 13.8. The first-order chi connectivity index (χ1) is 11.6. The third-order valence-electron chi connectivity index (χ3n) is 4.09. The Morgan fingerprint density at radius 3 is 2.96 bits per heavy atom. The van der Waals surface area contributed by atoms with E-state index in [1.165, 1.54) is 6.07 Å². The second-order valence-electron chi connectivity index (χ2n) is 5.66. The van der Waals surface area contributed by atoms with E-state index < -0.39 is 0 Å².